The second kappa shape index (κ2) is 6.36. The van der Waals surface area contributed by atoms with Gasteiger partial charge >= 0.3 is 0 Å². The molecule has 2 N–H and O–H groups in total. The molecule has 4 heteroatoms. The molecule has 0 bridgehead atoms. The molecular formula is C20H24N4. The highest BCUT2D eigenvalue weighted by molar-refractivity contribution is 5.78. The molecule has 0 aliphatic carbocycles. The molecule has 3 heterocycles. The summed E-state index contributed by atoms with van der Waals surface area (Å²) in [5, 5.41) is 3.59. The van der Waals surface area contributed by atoms with Gasteiger partial charge in [-0.3, -0.25) is 0 Å². The van der Waals surface area contributed by atoms with Crippen LogP contribution in [0.15, 0.2) is 42.7 Å². The van der Waals surface area contributed by atoms with Gasteiger partial charge in [0, 0.05) is 36.2 Å². The number of nitrogens with zero attached hydrogens (tertiary/aromatic N) is 2. The van der Waals surface area contributed by atoms with Crippen molar-refractivity contribution in [2.75, 3.05) is 0 Å². The Labute approximate surface area is 142 Å². The normalized spacial score (nSPS) is 24.3. The lowest BCUT2D eigenvalue weighted by atomic mass is 9.88. The van der Waals surface area contributed by atoms with Gasteiger partial charge in [0.2, 0.25) is 0 Å². The van der Waals surface area contributed by atoms with E-state index < -0.39 is 0 Å². The Morgan fingerprint density at radius 2 is 1.83 bits per heavy atom. The van der Waals surface area contributed by atoms with E-state index in [9.17, 15) is 0 Å². The maximum atomic E-state index is 4.95. The van der Waals surface area contributed by atoms with Crippen molar-refractivity contribution in [1.82, 2.24) is 20.3 Å². The van der Waals surface area contributed by atoms with Gasteiger partial charge in [0.1, 0.15) is 5.82 Å². The fraction of sp³-hybridized carbons (Fsp3) is 0.400. The number of H-pyrrole nitrogens is 1. The Balaban J connectivity index is 1.66. The summed E-state index contributed by atoms with van der Waals surface area (Å²) in [6.45, 7) is 4.50. The van der Waals surface area contributed by atoms with E-state index in [1.54, 1.807) is 0 Å². The topological polar surface area (TPSA) is 53.6 Å². The number of fused-ring (bicyclic) bond motifs is 1. The van der Waals surface area contributed by atoms with Crippen LogP contribution in [-0.4, -0.2) is 27.0 Å². The number of aromatic nitrogens is 3. The van der Waals surface area contributed by atoms with Gasteiger partial charge < -0.3 is 10.3 Å². The molecule has 2 unspecified atom stereocenters. The number of piperidine rings is 1. The summed E-state index contributed by atoms with van der Waals surface area (Å²) in [6, 6.07) is 11.6. The second-order valence-electron chi connectivity index (χ2n) is 7.10. The summed E-state index contributed by atoms with van der Waals surface area (Å²) >= 11 is 0. The highest BCUT2D eigenvalue weighted by Gasteiger charge is 2.26. The van der Waals surface area contributed by atoms with Gasteiger partial charge in [-0.1, -0.05) is 30.3 Å². The fourth-order valence-electron chi connectivity index (χ4n) is 3.91. The largest absolute Gasteiger partial charge is 0.358 e. The number of hydrogen-bond donors (Lipinski definition) is 2. The maximum Gasteiger partial charge on any atom is 0.132 e. The van der Waals surface area contributed by atoms with Crippen LogP contribution in [0.2, 0.25) is 0 Å². The third kappa shape index (κ3) is 3.06. The van der Waals surface area contributed by atoms with E-state index in [1.165, 1.54) is 11.1 Å². The molecule has 0 spiro atoms. The van der Waals surface area contributed by atoms with E-state index in [-0.39, 0.29) is 0 Å². The monoisotopic (exact) mass is 320 g/mol. The first-order chi connectivity index (χ1) is 11.7. The van der Waals surface area contributed by atoms with Crippen LogP contribution in [0.5, 0.6) is 0 Å². The van der Waals surface area contributed by atoms with Crippen LogP contribution < -0.4 is 5.32 Å². The van der Waals surface area contributed by atoms with Crippen molar-refractivity contribution in [3.05, 3.63) is 59.7 Å². The molecule has 1 aromatic carbocycles. The van der Waals surface area contributed by atoms with Crippen molar-refractivity contribution in [2.45, 2.75) is 51.1 Å². The van der Waals surface area contributed by atoms with Gasteiger partial charge in [0.15, 0.2) is 0 Å². The predicted octanol–water partition coefficient (Wildman–Crippen LogP) is 3.79. The number of nitrogens with one attached hydrogen (secondary N) is 2. The van der Waals surface area contributed by atoms with E-state index >= 15 is 0 Å². The standard InChI is InChI=1S/C20H24N4/c1-13-8-16(9-14(2)23-13)20-22-12-18-19(24-20)17(11-21-18)10-15-6-4-3-5-7-15/h3-7,11-14,16,21,23H,8-10H2,1-2H3. The first kappa shape index (κ1) is 15.3. The molecule has 2 aromatic heterocycles. The van der Waals surface area contributed by atoms with Gasteiger partial charge in [0.25, 0.3) is 0 Å². The second-order valence-corrected chi connectivity index (χ2v) is 7.10. The van der Waals surface area contributed by atoms with Crippen LogP contribution >= 0.6 is 0 Å². The molecule has 4 rings (SSSR count). The number of aromatic amines is 1. The first-order valence-electron chi connectivity index (χ1n) is 8.82. The van der Waals surface area contributed by atoms with Crippen LogP contribution in [-0.2, 0) is 6.42 Å². The SMILES string of the molecule is CC1CC(c2ncc3[nH]cc(Cc4ccccc4)c3n2)CC(C)N1. The molecule has 0 radical (unpaired) electrons. The van der Waals surface area contributed by atoms with Gasteiger partial charge in [-0.05, 0) is 32.3 Å². The summed E-state index contributed by atoms with van der Waals surface area (Å²) in [5.74, 6) is 1.44. The van der Waals surface area contributed by atoms with Crippen LogP contribution in [0.3, 0.4) is 0 Å². The molecule has 24 heavy (non-hydrogen) atoms. The Morgan fingerprint density at radius 3 is 2.58 bits per heavy atom. The van der Waals surface area contributed by atoms with E-state index in [0.717, 1.165) is 36.1 Å². The molecule has 4 nitrogen and oxygen atoms in total. The van der Waals surface area contributed by atoms with E-state index in [2.05, 4.69) is 65.7 Å². The minimum absolute atomic E-state index is 0.445. The highest BCUT2D eigenvalue weighted by Crippen LogP contribution is 2.29. The Morgan fingerprint density at radius 1 is 1.08 bits per heavy atom. The van der Waals surface area contributed by atoms with Crippen LogP contribution in [0.25, 0.3) is 11.0 Å². The average Bonchev–Trinajstić information content (AvgIpc) is 2.97. The van der Waals surface area contributed by atoms with E-state index in [0.29, 0.717) is 18.0 Å². The van der Waals surface area contributed by atoms with Gasteiger partial charge in [-0.25, -0.2) is 9.97 Å². The minimum Gasteiger partial charge on any atom is -0.358 e. The molecule has 1 aliphatic rings. The lowest BCUT2D eigenvalue weighted by Gasteiger charge is -2.32. The smallest absolute Gasteiger partial charge is 0.132 e. The molecule has 1 fully saturated rings. The van der Waals surface area contributed by atoms with Crippen LogP contribution in [0, 0.1) is 0 Å². The summed E-state index contributed by atoms with van der Waals surface area (Å²) in [4.78, 5) is 12.9. The molecule has 2 atom stereocenters. The van der Waals surface area contributed by atoms with Gasteiger partial charge in [-0.2, -0.15) is 0 Å². The van der Waals surface area contributed by atoms with Gasteiger partial charge in [0.05, 0.1) is 17.2 Å². The zero-order chi connectivity index (χ0) is 16.5. The van der Waals surface area contributed by atoms with Crippen molar-refractivity contribution >= 4 is 11.0 Å². The van der Waals surface area contributed by atoms with Crippen molar-refractivity contribution in [3.63, 3.8) is 0 Å². The Bertz CT molecular complexity index is 814. The zero-order valence-corrected chi connectivity index (χ0v) is 14.3. The molecule has 0 amide bonds. The molecule has 1 aliphatic heterocycles. The van der Waals surface area contributed by atoms with Crippen molar-refractivity contribution < 1.29 is 0 Å². The van der Waals surface area contributed by atoms with Gasteiger partial charge in [-0.15, -0.1) is 0 Å². The van der Waals surface area contributed by atoms with Crippen molar-refractivity contribution in [2.24, 2.45) is 0 Å². The average molecular weight is 320 g/mol. The summed E-state index contributed by atoms with van der Waals surface area (Å²) in [6.07, 6.45) is 7.13. The van der Waals surface area contributed by atoms with E-state index in [4.69, 9.17) is 4.98 Å². The molecule has 0 saturated carbocycles. The predicted molar refractivity (Wildman–Crippen MR) is 97.2 cm³/mol. The quantitative estimate of drug-likeness (QED) is 0.772. The lowest BCUT2D eigenvalue weighted by molar-refractivity contribution is 0.310. The molecular weight excluding hydrogens is 296 g/mol. The molecule has 1 saturated heterocycles. The number of rotatable bonds is 3. The number of benzene rings is 1. The fourth-order valence-corrected chi connectivity index (χ4v) is 3.91. The maximum absolute atomic E-state index is 4.95. The van der Waals surface area contributed by atoms with Crippen molar-refractivity contribution in [3.8, 4) is 0 Å². The Kier molecular flexibility index (Phi) is 4.07. The number of hydrogen-bond acceptors (Lipinski definition) is 3. The molecule has 3 aromatic rings. The first-order valence-corrected chi connectivity index (χ1v) is 8.82. The van der Waals surface area contributed by atoms with Crippen LogP contribution in [0.4, 0.5) is 0 Å². The highest BCUT2D eigenvalue weighted by atomic mass is 15.0. The summed E-state index contributed by atoms with van der Waals surface area (Å²) in [7, 11) is 0. The van der Waals surface area contributed by atoms with E-state index in [1.807, 2.05) is 6.20 Å². The minimum atomic E-state index is 0.445. The third-order valence-electron chi connectivity index (χ3n) is 4.96. The summed E-state index contributed by atoms with van der Waals surface area (Å²) < 4.78 is 0. The molecule has 124 valence electrons. The van der Waals surface area contributed by atoms with Crippen molar-refractivity contribution in [1.29, 1.82) is 0 Å². The zero-order valence-electron chi connectivity index (χ0n) is 14.3. The lowest BCUT2D eigenvalue weighted by Crippen LogP contribution is -2.41. The van der Waals surface area contributed by atoms with Crippen LogP contribution in [0.1, 0.15) is 49.6 Å². The Hall–Kier alpha value is -2.20. The summed E-state index contributed by atoms with van der Waals surface area (Å²) in [5.41, 5.74) is 4.65. The third-order valence-corrected chi connectivity index (χ3v) is 4.96.